The Kier molecular flexibility index (Phi) is 3.88. The molecule has 0 radical (unpaired) electrons. The van der Waals surface area contributed by atoms with Crippen LogP contribution in [0.15, 0.2) is 35.1 Å². The lowest BCUT2D eigenvalue weighted by molar-refractivity contribution is -0.137. The third-order valence-electron chi connectivity index (χ3n) is 6.53. The van der Waals surface area contributed by atoms with E-state index < -0.39 is 22.2 Å². The summed E-state index contributed by atoms with van der Waals surface area (Å²) in [6, 6.07) is 0. The van der Waals surface area contributed by atoms with Gasteiger partial charge in [-0.1, -0.05) is 39.8 Å². The van der Waals surface area contributed by atoms with Crippen LogP contribution in [-0.2, 0) is 19.1 Å². The Labute approximate surface area is 153 Å². The zero-order chi connectivity index (χ0) is 19.5. The van der Waals surface area contributed by atoms with Crippen molar-refractivity contribution in [3.05, 3.63) is 46.5 Å². The minimum atomic E-state index is -0.680. The van der Waals surface area contributed by atoms with Crippen molar-refractivity contribution in [1.82, 2.24) is 0 Å². The van der Waals surface area contributed by atoms with Gasteiger partial charge in [-0.05, 0) is 30.4 Å². The number of Topliss-reactive ketones (excluding diaryl/α,β-unsaturated/α-hetero) is 1. The van der Waals surface area contributed by atoms with Gasteiger partial charge in [-0.2, -0.15) is 0 Å². The molecular weight excluding hydrogens is 330 g/mol. The van der Waals surface area contributed by atoms with E-state index in [4.69, 9.17) is 11.3 Å². The fourth-order valence-electron chi connectivity index (χ4n) is 5.23. The van der Waals surface area contributed by atoms with Crippen molar-refractivity contribution in [3.8, 4) is 0 Å². The van der Waals surface area contributed by atoms with Gasteiger partial charge in [0, 0.05) is 16.2 Å². The summed E-state index contributed by atoms with van der Waals surface area (Å²) in [5.41, 5.74) is -0.682. The fraction of sp³-hybridized carbons (Fsp3) is 0.524. The topological polar surface area (TPSA) is 64.8 Å². The molecule has 1 fully saturated rings. The molecule has 0 spiro atoms. The molecule has 5 heteroatoms. The Morgan fingerprint density at radius 3 is 2.46 bits per heavy atom. The van der Waals surface area contributed by atoms with Crippen LogP contribution >= 0.6 is 0 Å². The molecule has 5 nitrogen and oxygen atoms in total. The highest BCUT2D eigenvalue weighted by Gasteiger charge is 2.58. The maximum atomic E-state index is 12.7. The van der Waals surface area contributed by atoms with Gasteiger partial charge in [0.05, 0.1) is 13.7 Å². The molecule has 0 N–H and O–H groups in total. The number of carbonyl (C=O) groups excluding carboxylic acids is 3. The highest BCUT2D eigenvalue weighted by atomic mass is 16.5. The van der Waals surface area contributed by atoms with Crippen molar-refractivity contribution in [2.75, 3.05) is 7.11 Å². The Morgan fingerprint density at radius 2 is 1.88 bits per heavy atom. The molecule has 0 bridgehead atoms. The first-order chi connectivity index (χ1) is 12.0. The molecule has 136 valence electrons. The van der Waals surface area contributed by atoms with Crippen LogP contribution in [0.1, 0.15) is 40.5 Å². The SMILES string of the molecule is [C-]#[N+]C1=C[C@]2(C)C3=CC(=O)C(C(=O)OC)=C[C@]3(C)CC[C@H]2C(C)(C)C1=O. The zero-order valence-electron chi connectivity index (χ0n) is 15.8. The summed E-state index contributed by atoms with van der Waals surface area (Å²) in [5.74, 6) is -1.14. The van der Waals surface area contributed by atoms with Crippen LogP contribution in [0.3, 0.4) is 0 Å². The van der Waals surface area contributed by atoms with E-state index in [1.807, 2.05) is 27.7 Å². The number of methoxy groups -OCH3 is 1. The van der Waals surface area contributed by atoms with Crippen LogP contribution in [-0.4, -0.2) is 24.6 Å². The van der Waals surface area contributed by atoms with Gasteiger partial charge >= 0.3 is 5.97 Å². The highest BCUT2D eigenvalue weighted by molar-refractivity contribution is 6.23. The van der Waals surface area contributed by atoms with E-state index >= 15 is 0 Å². The minimum absolute atomic E-state index is 0.00629. The number of esters is 1. The minimum Gasteiger partial charge on any atom is -0.465 e. The predicted molar refractivity (Wildman–Crippen MR) is 95.6 cm³/mol. The van der Waals surface area contributed by atoms with E-state index in [9.17, 15) is 14.4 Å². The van der Waals surface area contributed by atoms with Crippen LogP contribution < -0.4 is 0 Å². The monoisotopic (exact) mass is 353 g/mol. The van der Waals surface area contributed by atoms with Crippen molar-refractivity contribution < 1.29 is 19.1 Å². The van der Waals surface area contributed by atoms with Crippen LogP contribution in [0.5, 0.6) is 0 Å². The van der Waals surface area contributed by atoms with Crippen LogP contribution in [0.2, 0.25) is 0 Å². The first-order valence-corrected chi connectivity index (χ1v) is 8.74. The number of hydrogen-bond acceptors (Lipinski definition) is 4. The van der Waals surface area contributed by atoms with Gasteiger partial charge in [-0.15, -0.1) is 0 Å². The van der Waals surface area contributed by atoms with Crippen LogP contribution in [0, 0.1) is 28.7 Å². The average Bonchev–Trinajstić information content (AvgIpc) is 2.58. The van der Waals surface area contributed by atoms with E-state index in [-0.39, 0.29) is 28.8 Å². The van der Waals surface area contributed by atoms with E-state index in [0.29, 0.717) is 0 Å². The predicted octanol–water partition coefficient (Wildman–Crippen LogP) is 3.43. The average molecular weight is 353 g/mol. The maximum absolute atomic E-state index is 12.7. The van der Waals surface area contributed by atoms with E-state index in [0.717, 1.165) is 18.4 Å². The van der Waals surface area contributed by atoms with Crippen LogP contribution in [0.4, 0.5) is 0 Å². The second kappa shape index (κ2) is 5.51. The second-order valence-corrected chi connectivity index (χ2v) is 8.46. The van der Waals surface area contributed by atoms with Gasteiger partial charge < -0.3 is 9.53 Å². The smallest absolute Gasteiger partial charge is 0.341 e. The summed E-state index contributed by atoms with van der Waals surface area (Å²) in [4.78, 5) is 40.7. The van der Waals surface area contributed by atoms with E-state index in [1.165, 1.54) is 13.2 Å². The molecule has 0 aromatic heterocycles. The number of ether oxygens (including phenoxy) is 1. The van der Waals surface area contributed by atoms with Gasteiger partial charge in [0.15, 0.2) is 11.6 Å². The molecule has 0 aliphatic heterocycles. The molecule has 3 aliphatic carbocycles. The first kappa shape index (κ1) is 18.3. The Hall–Kier alpha value is -2.48. The first-order valence-electron chi connectivity index (χ1n) is 8.74. The van der Waals surface area contributed by atoms with Gasteiger partial charge in [0.25, 0.3) is 0 Å². The number of ketones is 2. The molecule has 0 aromatic rings. The number of nitrogens with zero attached hydrogens (tertiary/aromatic N) is 1. The third-order valence-corrected chi connectivity index (χ3v) is 6.53. The maximum Gasteiger partial charge on any atom is 0.341 e. The third kappa shape index (κ3) is 2.25. The molecule has 0 aromatic carbocycles. The zero-order valence-corrected chi connectivity index (χ0v) is 15.8. The number of allylic oxidation sites excluding steroid dienone is 5. The van der Waals surface area contributed by atoms with Gasteiger partial charge in [0.2, 0.25) is 5.70 Å². The van der Waals surface area contributed by atoms with Crippen molar-refractivity contribution in [2.24, 2.45) is 22.2 Å². The quantitative estimate of drug-likeness (QED) is 0.412. The largest absolute Gasteiger partial charge is 0.465 e. The standard InChI is InChI=1S/C21H23NO4/c1-19(2)15-7-8-20(3)10-12(18(25)26-6)14(23)9-16(20)21(15,4)11-13(22-5)17(19)24/h9-11,15H,7-8H2,1-4,6H3/t15-,20-,21-/m0/s1. The lowest BCUT2D eigenvalue weighted by atomic mass is 9.46. The Bertz CT molecular complexity index is 867. The molecule has 0 heterocycles. The molecule has 0 amide bonds. The van der Waals surface area contributed by atoms with Gasteiger partial charge in [-0.3, -0.25) is 4.79 Å². The van der Waals surface area contributed by atoms with Gasteiger partial charge in [0.1, 0.15) is 5.57 Å². The molecule has 3 rings (SSSR count). The Balaban J connectivity index is 2.21. The normalized spacial score (nSPS) is 35.2. The van der Waals surface area contributed by atoms with E-state index in [1.54, 1.807) is 12.2 Å². The summed E-state index contributed by atoms with van der Waals surface area (Å²) in [7, 11) is 1.26. The molecule has 26 heavy (non-hydrogen) atoms. The van der Waals surface area contributed by atoms with Crippen molar-refractivity contribution >= 4 is 17.5 Å². The van der Waals surface area contributed by atoms with Gasteiger partial charge in [-0.25, -0.2) is 9.64 Å². The summed E-state index contributed by atoms with van der Waals surface area (Å²) in [6.07, 6.45) is 6.48. The number of fused-ring (bicyclic) bond motifs is 3. The molecule has 0 unspecified atom stereocenters. The lowest BCUT2D eigenvalue weighted by Crippen LogP contribution is -2.53. The summed E-state index contributed by atoms with van der Waals surface area (Å²) in [5, 5.41) is 0. The second-order valence-electron chi connectivity index (χ2n) is 8.46. The number of rotatable bonds is 1. The molecule has 0 saturated heterocycles. The Morgan fingerprint density at radius 1 is 1.23 bits per heavy atom. The molecule has 3 aliphatic rings. The van der Waals surface area contributed by atoms with Crippen LogP contribution in [0.25, 0.3) is 4.85 Å². The highest BCUT2D eigenvalue weighted by Crippen LogP contribution is 2.63. The summed E-state index contributed by atoms with van der Waals surface area (Å²) >= 11 is 0. The van der Waals surface area contributed by atoms with Crippen molar-refractivity contribution in [3.63, 3.8) is 0 Å². The summed E-state index contributed by atoms with van der Waals surface area (Å²) < 4.78 is 4.74. The van der Waals surface area contributed by atoms with Crippen molar-refractivity contribution in [2.45, 2.75) is 40.5 Å². The molecular formula is C21H23NO4. The summed E-state index contributed by atoms with van der Waals surface area (Å²) in [6.45, 7) is 15.2. The molecule has 3 atom stereocenters. The lowest BCUT2D eigenvalue weighted by Gasteiger charge is -2.57. The fourth-order valence-corrected chi connectivity index (χ4v) is 5.23. The number of carbonyl (C=O) groups is 3. The molecule has 1 saturated carbocycles. The van der Waals surface area contributed by atoms with E-state index in [2.05, 4.69) is 4.85 Å². The number of hydrogen-bond donors (Lipinski definition) is 0. The van der Waals surface area contributed by atoms with Crippen molar-refractivity contribution in [1.29, 1.82) is 0 Å².